The first kappa shape index (κ1) is 19.4. The lowest BCUT2D eigenvalue weighted by atomic mass is 10.2. The van der Waals surface area contributed by atoms with E-state index in [0.29, 0.717) is 28.3 Å². The van der Waals surface area contributed by atoms with Gasteiger partial charge in [-0.25, -0.2) is 9.59 Å². The number of nitrogens with one attached hydrogen (secondary N) is 1. The van der Waals surface area contributed by atoms with Crippen molar-refractivity contribution in [1.29, 1.82) is 0 Å². The lowest BCUT2D eigenvalue weighted by molar-refractivity contribution is -0.145. The van der Waals surface area contributed by atoms with Gasteiger partial charge in [-0.3, -0.25) is 9.36 Å². The summed E-state index contributed by atoms with van der Waals surface area (Å²) < 4.78 is 11.2. The number of halogens is 1. The Morgan fingerprint density at radius 2 is 2.20 bits per heavy atom. The molecular formula is C16H19ClN2O5S. The maximum absolute atomic E-state index is 12.1. The molecule has 0 saturated heterocycles. The van der Waals surface area contributed by atoms with E-state index in [1.54, 1.807) is 30.0 Å². The van der Waals surface area contributed by atoms with E-state index in [4.69, 9.17) is 20.8 Å². The third kappa shape index (κ3) is 5.02. The van der Waals surface area contributed by atoms with Gasteiger partial charge in [0, 0.05) is 24.1 Å². The van der Waals surface area contributed by atoms with Crippen molar-refractivity contribution < 1.29 is 18.7 Å². The summed E-state index contributed by atoms with van der Waals surface area (Å²) in [7, 11) is 1.28. The average Bonchev–Trinajstić information content (AvgIpc) is 2.90. The smallest absolute Gasteiger partial charge is 0.419 e. The van der Waals surface area contributed by atoms with Crippen molar-refractivity contribution in [2.45, 2.75) is 25.4 Å². The second-order valence-corrected chi connectivity index (χ2v) is 6.73. The van der Waals surface area contributed by atoms with E-state index in [-0.39, 0.29) is 18.9 Å². The number of hydrogen-bond acceptors (Lipinski definition) is 6. The molecule has 0 unspecified atom stereocenters. The highest BCUT2D eigenvalue weighted by atomic mass is 35.5. The Balaban J connectivity index is 2.03. The van der Waals surface area contributed by atoms with Crippen molar-refractivity contribution >= 4 is 46.3 Å². The molecule has 0 fully saturated rings. The Bertz CT molecular complexity index is 816. The Labute approximate surface area is 153 Å². The van der Waals surface area contributed by atoms with Gasteiger partial charge in [0.15, 0.2) is 5.58 Å². The highest BCUT2D eigenvalue weighted by molar-refractivity contribution is 7.98. The molecule has 1 amide bonds. The molecule has 0 aliphatic heterocycles. The van der Waals surface area contributed by atoms with E-state index in [2.05, 4.69) is 5.32 Å². The molecule has 0 spiro atoms. The van der Waals surface area contributed by atoms with Gasteiger partial charge in [0.05, 0.1) is 12.6 Å². The van der Waals surface area contributed by atoms with Gasteiger partial charge < -0.3 is 14.5 Å². The number of aromatic nitrogens is 1. The first-order valence-electron chi connectivity index (χ1n) is 7.61. The molecule has 9 heteroatoms. The van der Waals surface area contributed by atoms with Crippen LogP contribution in [0.15, 0.2) is 27.4 Å². The van der Waals surface area contributed by atoms with Gasteiger partial charge in [0.25, 0.3) is 0 Å². The fourth-order valence-electron chi connectivity index (χ4n) is 2.36. The van der Waals surface area contributed by atoms with Crippen LogP contribution in [-0.2, 0) is 20.9 Å². The second kappa shape index (κ2) is 8.96. The molecule has 7 nitrogen and oxygen atoms in total. The van der Waals surface area contributed by atoms with E-state index < -0.39 is 17.8 Å². The largest absolute Gasteiger partial charge is 0.467 e. The Hall–Kier alpha value is -1.93. The van der Waals surface area contributed by atoms with E-state index >= 15 is 0 Å². The first-order chi connectivity index (χ1) is 12.0. The summed E-state index contributed by atoms with van der Waals surface area (Å²) in [4.78, 5) is 35.8. The molecule has 1 aromatic carbocycles. The van der Waals surface area contributed by atoms with Gasteiger partial charge in [-0.2, -0.15) is 11.8 Å². The molecule has 0 bridgehead atoms. The predicted octanol–water partition coefficient (Wildman–Crippen LogP) is 2.05. The quantitative estimate of drug-likeness (QED) is 0.698. The summed E-state index contributed by atoms with van der Waals surface area (Å²) in [6.07, 6.45) is 2.43. The topological polar surface area (TPSA) is 90.5 Å². The SMILES string of the molecule is COC(=O)[C@@H](CCSC)NC(=O)CCn1c(=O)oc2cc(Cl)ccc21. The number of carbonyl (C=O) groups is 2. The van der Waals surface area contributed by atoms with Crippen molar-refractivity contribution in [3.63, 3.8) is 0 Å². The lowest BCUT2D eigenvalue weighted by Gasteiger charge is -2.16. The molecule has 25 heavy (non-hydrogen) atoms. The van der Waals surface area contributed by atoms with Crippen LogP contribution in [0.1, 0.15) is 12.8 Å². The molecular weight excluding hydrogens is 368 g/mol. The first-order valence-corrected chi connectivity index (χ1v) is 9.38. The van der Waals surface area contributed by atoms with Gasteiger partial charge in [-0.15, -0.1) is 0 Å². The van der Waals surface area contributed by atoms with Gasteiger partial charge in [0.2, 0.25) is 5.91 Å². The third-order valence-electron chi connectivity index (χ3n) is 3.62. The summed E-state index contributed by atoms with van der Waals surface area (Å²) >= 11 is 7.44. The number of oxazole rings is 1. The van der Waals surface area contributed by atoms with Crippen molar-refractivity contribution in [1.82, 2.24) is 9.88 Å². The van der Waals surface area contributed by atoms with Crippen LogP contribution >= 0.6 is 23.4 Å². The third-order valence-corrected chi connectivity index (χ3v) is 4.50. The van der Waals surface area contributed by atoms with E-state index in [1.165, 1.54) is 11.7 Å². The molecule has 0 aliphatic rings. The maximum Gasteiger partial charge on any atom is 0.419 e. The van der Waals surface area contributed by atoms with E-state index in [1.807, 2.05) is 6.26 Å². The minimum atomic E-state index is -0.693. The zero-order valence-electron chi connectivity index (χ0n) is 13.9. The molecule has 2 rings (SSSR count). The number of carbonyl (C=O) groups excluding carboxylic acids is 2. The Morgan fingerprint density at radius 1 is 1.44 bits per heavy atom. The van der Waals surface area contributed by atoms with Gasteiger partial charge in [0.1, 0.15) is 6.04 Å². The van der Waals surface area contributed by atoms with Gasteiger partial charge in [-0.05, 0) is 30.6 Å². The molecule has 0 radical (unpaired) electrons. The van der Waals surface area contributed by atoms with Crippen LogP contribution in [0.25, 0.3) is 11.1 Å². The number of ether oxygens (including phenoxy) is 1. The van der Waals surface area contributed by atoms with Gasteiger partial charge >= 0.3 is 11.7 Å². The number of amides is 1. The lowest BCUT2D eigenvalue weighted by Crippen LogP contribution is -2.42. The van der Waals surface area contributed by atoms with Gasteiger partial charge in [-0.1, -0.05) is 11.6 Å². The summed E-state index contributed by atoms with van der Waals surface area (Å²) in [6.45, 7) is 0.135. The Morgan fingerprint density at radius 3 is 2.88 bits per heavy atom. The van der Waals surface area contributed by atoms with Crippen molar-refractivity contribution in [2.75, 3.05) is 19.1 Å². The summed E-state index contributed by atoms with van der Waals surface area (Å²) in [5, 5.41) is 3.11. The molecule has 1 aromatic heterocycles. The molecule has 1 atom stereocenters. The fourth-order valence-corrected chi connectivity index (χ4v) is 2.99. The fraction of sp³-hybridized carbons (Fsp3) is 0.438. The normalized spacial score (nSPS) is 12.1. The van der Waals surface area contributed by atoms with Crippen molar-refractivity contribution in [3.05, 3.63) is 33.8 Å². The van der Waals surface area contributed by atoms with Crippen molar-refractivity contribution in [2.24, 2.45) is 0 Å². The number of thioether (sulfide) groups is 1. The minimum absolute atomic E-state index is 0.0317. The van der Waals surface area contributed by atoms with Crippen LogP contribution in [-0.4, -0.2) is 41.6 Å². The van der Waals surface area contributed by atoms with Crippen LogP contribution in [0.3, 0.4) is 0 Å². The number of rotatable bonds is 8. The number of hydrogen-bond donors (Lipinski definition) is 1. The van der Waals surface area contributed by atoms with Crippen LogP contribution < -0.4 is 11.1 Å². The highest BCUT2D eigenvalue weighted by Gasteiger charge is 2.21. The van der Waals surface area contributed by atoms with Crippen molar-refractivity contribution in [3.8, 4) is 0 Å². The number of nitrogens with zero attached hydrogens (tertiary/aromatic N) is 1. The number of benzene rings is 1. The zero-order chi connectivity index (χ0) is 18.4. The summed E-state index contributed by atoms with van der Waals surface area (Å²) in [5.74, 6) is -0.668. The second-order valence-electron chi connectivity index (χ2n) is 5.31. The summed E-state index contributed by atoms with van der Waals surface area (Å²) in [5.41, 5.74) is 0.930. The maximum atomic E-state index is 12.1. The summed E-state index contributed by atoms with van der Waals surface area (Å²) in [6, 6.07) is 4.16. The van der Waals surface area contributed by atoms with Crippen LogP contribution in [0, 0.1) is 0 Å². The van der Waals surface area contributed by atoms with E-state index in [0.717, 1.165) is 0 Å². The molecule has 1 heterocycles. The molecule has 0 aliphatic carbocycles. The van der Waals surface area contributed by atoms with Crippen LogP contribution in [0.5, 0.6) is 0 Å². The zero-order valence-corrected chi connectivity index (χ0v) is 15.5. The molecule has 0 saturated carbocycles. The number of methoxy groups -OCH3 is 1. The average molecular weight is 387 g/mol. The predicted molar refractivity (Wildman–Crippen MR) is 97.0 cm³/mol. The number of fused-ring (bicyclic) bond motifs is 1. The molecule has 136 valence electrons. The number of esters is 1. The van der Waals surface area contributed by atoms with Crippen LogP contribution in [0.2, 0.25) is 5.02 Å². The Kier molecular flexibility index (Phi) is 6.95. The number of aryl methyl sites for hydroxylation is 1. The monoisotopic (exact) mass is 386 g/mol. The minimum Gasteiger partial charge on any atom is -0.467 e. The highest BCUT2D eigenvalue weighted by Crippen LogP contribution is 2.18. The standard InChI is InChI=1S/C16H19ClN2O5S/c1-23-15(21)11(6-8-25-2)18-14(20)5-7-19-12-4-3-10(17)9-13(12)24-16(19)22/h3-4,9,11H,5-8H2,1-2H3,(H,18,20)/t11-/m1/s1. The van der Waals surface area contributed by atoms with Crippen LogP contribution in [0.4, 0.5) is 0 Å². The molecule has 2 aromatic rings. The molecule has 1 N–H and O–H groups in total. The van der Waals surface area contributed by atoms with E-state index in [9.17, 15) is 14.4 Å².